The highest BCUT2D eigenvalue weighted by Gasteiger charge is 2.76. The van der Waals surface area contributed by atoms with Gasteiger partial charge in [0.15, 0.2) is 0 Å². The summed E-state index contributed by atoms with van der Waals surface area (Å²) in [5, 5.41) is 0. The summed E-state index contributed by atoms with van der Waals surface area (Å²) >= 11 is 2.75. The second-order valence-corrected chi connectivity index (χ2v) is 6.40. The van der Waals surface area contributed by atoms with Crippen LogP contribution in [0.15, 0.2) is 0 Å². The van der Waals surface area contributed by atoms with Crippen LogP contribution in [0.2, 0.25) is 0 Å². The molecule has 0 saturated heterocycles. The first-order valence-corrected chi connectivity index (χ1v) is 5.36. The first-order chi connectivity index (χ1) is 5.75. The van der Waals surface area contributed by atoms with Gasteiger partial charge in [-0.1, -0.05) is 11.8 Å². The van der Waals surface area contributed by atoms with Crippen molar-refractivity contribution in [3.8, 4) is 0 Å². The molecular formula is C3F9PS. The molecule has 0 radical (unpaired) electrons. The predicted octanol–water partition coefficient (Wildman–Crippen LogP) is 4.03. The quantitative estimate of drug-likeness (QED) is 0.473. The minimum Gasteiger partial charge on any atom is -0.165 e. The van der Waals surface area contributed by atoms with E-state index in [2.05, 4.69) is 11.8 Å². The number of alkyl halides is 9. The summed E-state index contributed by atoms with van der Waals surface area (Å²) in [6.07, 6.45) is 0. The summed E-state index contributed by atoms with van der Waals surface area (Å²) < 4.78 is 104. The molecule has 0 heterocycles. The largest absolute Gasteiger partial charge is 0.431 e. The highest BCUT2D eigenvalue weighted by molar-refractivity contribution is 8.16. The number of halogens is 9. The number of hydrogen-bond donors (Lipinski definition) is 0. The van der Waals surface area contributed by atoms with Crippen molar-refractivity contribution in [3.05, 3.63) is 0 Å². The molecule has 0 amide bonds. The van der Waals surface area contributed by atoms with E-state index in [-0.39, 0.29) is 0 Å². The Morgan fingerprint density at radius 1 is 0.571 bits per heavy atom. The van der Waals surface area contributed by atoms with Crippen LogP contribution in [0.3, 0.4) is 0 Å². The van der Waals surface area contributed by atoms with Crippen LogP contribution in [0.1, 0.15) is 0 Å². The van der Waals surface area contributed by atoms with Gasteiger partial charge in [0.1, 0.15) is 0 Å². The van der Waals surface area contributed by atoms with E-state index in [4.69, 9.17) is 0 Å². The summed E-state index contributed by atoms with van der Waals surface area (Å²) in [7, 11) is 0. The molecule has 0 saturated carbocycles. The van der Waals surface area contributed by atoms with Crippen LogP contribution >= 0.6 is 6.04 Å². The van der Waals surface area contributed by atoms with Gasteiger partial charge < -0.3 is 0 Å². The third-order valence-electron chi connectivity index (χ3n) is 1.07. The first-order valence-electron chi connectivity index (χ1n) is 2.55. The van der Waals surface area contributed by atoms with Gasteiger partial charge in [-0.2, -0.15) is 39.5 Å². The van der Waals surface area contributed by atoms with Gasteiger partial charge in [-0.3, -0.25) is 0 Å². The smallest absolute Gasteiger partial charge is 0.165 e. The molecule has 0 aliphatic rings. The normalized spacial score (nSPS) is 15.8. The minimum absolute atomic E-state index is 2.75. The fourth-order valence-corrected chi connectivity index (χ4v) is 1.29. The van der Waals surface area contributed by atoms with Crippen molar-refractivity contribution < 1.29 is 39.5 Å². The SMILES string of the molecule is FC(F)(F)P(=S)(C(F)(F)F)C(F)(F)F. The van der Waals surface area contributed by atoms with Gasteiger partial charge in [0.25, 0.3) is 6.04 Å². The molecule has 0 aliphatic carbocycles. The van der Waals surface area contributed by atoms with Crippen molar-refractivity contribution >= 4 is 17.8 Å². The van der Waals surface area contributed by atoms with E-state index in [9.17, 15) is 39.5 Å². The summed E-state index contributed by atoms with van der Waals surface area (Å²) in [5.41, 5.74) is 0. The van der Waals surface area contributed by atoms with Crippen molar-refractivity contribution in [2.45, 2.75) is 17.8 Å². The molecular weight excluding hydrogens is 270 g/mol. The molecule has 0 spiro atoms. The maximum Gasteiger partial charge on any atom is 0.431 e. The zero-order chi connectivity index (χ0) is 12.0. The Hall–Kier alpha value is 0.0200. The summed E-state index contributed by atoms with van der Waals surface area (Å²) in [5.74, 6) is -19.5. The Bertz CT molecular complexity index is 212. The van der Waals surface area contributed by atoms with Crippen molar-refractivity contribution in [2.24, 2.45) is 0 Å². The second kappa shape index (κ2) is 3.26. The van der Waals surface area contributed by atoms with Gasteiger partial charge in [-0.05, 0) is 0 Å². The van der Waals surface area contributed by atoms with Crippen LogP contribution in [0.4, 0.5) is 39.5 Å². The van der Waals surface area contributed by atoms with Gasteiger partial charge in [0, 0.05) is 0 Å². The lowest BCUT2D eigenvalue weighted by atomic mass is 11.5. The van der Waals surface area contributed by atoms with Crippen LogP contribution in [0.5, 0.6) is 0 Å². The summed E-state index contributed by atoms with van der Waals surface area (Å²) in [6, 6.07) is -7.44. The lowest BCUT2D eigenvalue weighted by Gasteiger charge is -2.28. The molecule has 0 atom stereocenters. The molecule has 0 unspecified atom stereocenters. The molecule has 0 fully saturated rings. The van der Waals surface area contributed by atoms with Crippen LogP contribution in [-0.4, -0.2) is 17.8 Å². The Morgan fingerprint density at radius 2 is 0.714 bits per heavy atom. The van der Waals surface area contributed by atoms with Crippen molar-refractivity contribution in [3.63, 3.8) is 0 Å². The highest BCUT2D eigenvalue weighted by atomic mass is 32.4. The second-order valence-electron chi connectivity index (χ2n) is 2.01. The first kappa shape index (κ1) is 14.0. The van der Waals surface area contributed by atoms with E-state index in [1.54, 1.807) is 0 Å². The fraction of sp³-hybridized carbons (Fsp3) is 1.00. The Morgan fingerprint density at radius 3 is 0.714 bits per heavy atom. The molecule has 0 N–H and O–H groups in total. The maximum absolute atomic E-state index is 11.6. The van der Waals surface area contributed by atoms with E-state index in [0.29, 0.717) is 0 Å². The van der Waals surface area contributed by atoms with E-state index < -0.39 is 23.8 Å². The van der Waals surface area contributed by atoms with Gasteiger partial charge >= 0.3 is 17.8 Å². The average molecular weight is 270 g/mol. The third-order valence-corrected chi connectivity index (χ3v) is 5.08. The fourth-order valence-electron chi connectivity index (χ4n) is 0.431. The lowest BCUT2D eigenvalue weighted by molar-refractivity contribution is -0.124. The Labute approximate surface area is 76.1 Å². The molecule has 0 bridgehead atoms. The van der Waals surface area contributed by atoms with Gasteiger partial charge in [0.05, 0.1) is 0 Å². The third kappa shape index (κ3) is 2.00. The molecule has 0 aliphatic heterocycles. The minimum atomic E-state index is -7.44. The van der Waals surface area contributed by atoms with E-state index in [1.807, 2.05) is 0 Å². The molecule has 11 heteroatoms. The highest BCUT2D eigenvalue weighted by Crippen LogP contribution is 2.79. The zero-order valence-electron chi connectivity index (χ0n) is 5.76. The predicted molar refractivity (Wildman–Crippen MR) is 32.4 cm³/mol. The topological polar surface area (TPSA) is 0 Å². The van der Waals surface area contributed by atoms with Gasteiger partial charge in [0.2, 0.25) is 0 Å². The van der Waals surface area contributed by atoms with Crippen LogP contribution in [0.25, 0.3) is 0 Å². The monoisotopic (exact) mass is 270 g/mol. The van der Waals surface area contributed by atoms with Crippen molar-refractivity contribution in [1.29, 1.82) is 0 Å². The van der Waals surface area contributed by atoms with Gasteiger partial charge in [-0.25, -0.2) is 0 Å². The van der Waals surface area contributed by atoms with E-state index >= 15 is 0 Å². The van der Waals surface area contributed by atoms with E-state index in [1.165, 1.54) is 0 Å². The Balaban J connectivity index is 5.69. The summed E-state index contributed by atoms with van der Waals surface area (Å²) in [6.45, 7) is 0. The molecule has 0 aromatic rings. The molecule has 0 aromatic heterocycles. The lowest BCUT2D eigenvalue weighted by Crippen LogP contribution is -2.31. The van der Waals surface area contributed by atoms with Crippen LogP contribution < -0.4 is 0 Å². The summed E-state index contributed by atoms with van der Waals surface area (Å²) in [4.78, 5) is 0. The van der Waals surface area contributed by atoms with Crippen molar-refractivity contribution in [2.75, 3.05) is 0 Å². The van der Waals surface area contributed by atoms with Crippen LogP contribution in [-0.2, 0) is 11.8 Å². The van der Waals surface area contributed by atoms with E-state index in [0.717, 1.165) is 0 Å². The molecule has 14 heavy (non-hydrogen) atoms. The Kier molecular flexibility index (Phi) is 3.27. The molecule has 86 valence electrons. The van der Waals surface area contributed by atoms with Gasteiger partial charge in [-0.15, -0.1) is 0 Å². The molecule has 0 aromatic carbocycles. The molecule has 0 nitrogen and oxygen atoms in total. The number of hydrogen-bond acceptors (Lipinski definition) is 1. The molecule has 0 rings (SSSR count). The zero-order valence-corrected chi connectivity index (χ0v) is 7.47. The van der Waals surface area contributed by atoms with Crippen LogP contribution in [0, 0.1) is 0 Å². The average Bonchev–Trinajstić information content (AvgIpc) is 1.77. The standard InChI is InChI=1S/C3F9PS/c4-1(5,6)13(14,2(7,8)9)3(10,11)12. The maximum atomic E-state index is 11.6. The number of rotatable bonds is 0. The van der Waals surface area contributed by atoms with Crippen molar-refractivity contribution in [1.82, 2.24) is 0 Å².